The standard InChI is InChI=1S/C14H13N3O/c1-8-5-6-15-14-12(8)13(9(2)16-14)11-4-3-10(7-18)17-11/h3-7,17H,1-2H3,(H,15,16). The highest BCUT2D eigenvalue weighted by Crippen LogP contribution is 2.32. The number of hydrogen-bond acceptors (Lipinski definition) is 2. The number of nitrogens with one attached hydrogen (secondary N) is 2. The first-order valence-electron chi connectivity index (χ1n) is 5.79. The molecule has 0 aromatic carbocycles. The van der Waals surface area contributed by atoms with Gasteiger partial charge in [0.1, 0.15) is 5.65 Å². The number of aryl methyl sites for hydroxylation is 2. The van der Waals surface area contributed by atoms with Crippen molar-refractivity contribution < 1.29 is 4.79 Å². The van der Waals surface area contributed by atoms with Gasteiger partial charge in [-0.1, -0.05) is 0 Å². The van der Waals surface area contributed by atoms with E-state index in [0.717, 1.165) is 34.3 Å². The number of rotatable bonds is 2. The third-order valence-corrected chi connectivity index (χ3v) is 3.20. The molecule has 3 rings (SSSR count). The van der Waals surface area contributed by atoms with Crippen molar-refractivity contribution in [2.24, 2.45) is 0 Å². The highest BCUT2D eigenvalue weighted by molar-refractivity contribution is 5.97. The molecular weight excluding hydrogens is 226 g/mol. The van der Waals surface area contributed by atoms with E-state index in [-0.39, 0.29) is 0 Å². The van der Waals surface area contributed by atoms with Gasteiger partial charge in [0.15, 0.2) is 6.29 Å². The van der Waals surface area contributed by atoms with Crippen LogP contribution in [-0.4, -0.2) is 21.2 Å². The average molecular weight is 239 g/mol. The largest absolute Gasteiger partial charge is 0.352 e. The summed E-state index contributed by atoms with van der Waals surface area (Å²) >= 11 is 0. The smallest absolute Gasteiger partial charge is 0.166 e. The fraction of sp³-hybridized carbons (Fsp3) is 0.143. The van der Waals surface area contributed by atoms with Crippen molar-refractivity contribution in [1.82, 2.24) is 15.0 Å². The topological polar surface area (TPSA) is 61.5 Å². The summed E-state index contributed by atoms with van der Waals surface area (Å²) in [5.74, 6) is 0. The maximum Gasteiger partial charge on any atom is 0.166 e. The molecule has 0 atom stereocenters. The van der Waals surface area contributed by atoms with Gasteiger partial charge in [-0.2, -0.15) is 0 Å². The van der Waals surface area contributed by atoms with E-state index in [1.165, 1.54) is 5.56 Å². The number of H-pyrrole nitrogens is 2. The molecule has 0 saturated heterocycles. The minimum absolute atomic E-state index is 0.584. The Bertz CT molecular complexity index is 737. The van der Waals surface area contributed by atoms with Crippen molar-refractivity contribution in [3.05, 3.63) is 41.3 Å². The fourth-order valence-corrected chi connectivity index (χ4v) is 2.36. The molecule has 2 N–H and O–H groups in total. The average Bonchev–Trinajstić information content (AvgIpc) is 2.92. The number of hydrogen-bond donors (Lipinski definition) is 2. The van der Waals surface area contributed by atoms with Gasteiger partial charge in [-0.15, -0.1) is 0 Å². The van der Waals surface area contributed by atoms with Crippen LogP contribution in [0, 0.1) is 13.8 Å². The maximum absolute atomic E-state index is 10.8. The van der Waals surface area contributed by atoms with Crippen LogP contribution in [0.15, 0.2) is 24.4 Å². The van der Waals surface area contributed by atoms with Crippen LogP contribution in [0.2, 0.25) is 0 Å². The Hall–Kier alpha value is -2.36. The summed E-state index contributed by atoms with van der Waals surface area (Å²) in [6.07, 6.45) is 2.61. The van der Waals surface area contributed by atoms with E-state index in [4.69, 9.17) is 0 Å². The van der Waals surface area contributed by atoms with E-state index < -0.39 is 0 Å². The van der Waals surface area contributed by atoms with Crippen molar-refractivity contribution in [2.75, 3.05) is 0 Å². The molecule has 0 saturated carbocycles. The van der Waals surface area contributed by atoms with Crippen LogP contribution < -0.4 is 0 Å². The van der Waals surface area contributed by atoms with Gasteiger partial charge in [0.25, 0.3) is 0 Å². The number of aldehydes is 1. The zero-order valence-corrected chi connectivity index (χ0v) is 10.2. The van der Waals surface area contributed by atoms with Crippen LogP contribution >= 0.6 is 0 Å². The summed E-state index contributed by atoms with van der Waals surface area (Å²) in [4.78, 5) is 21.5. The molecule has 4 heteroatoms. The van der Waals surface area contributed by atoms with Crippen LogP contribution in [0.5, 0.6) is 0 Å². The lowest BCUT2D eigenvalue weighted by Gasteiger charge is -2.00. The van der Waals surface area contributed by atoms with Crippen molar-refractivity contribution in [3.63, 3.8) is 0 Å². The van der Waals surface area contributed by atoms with Gasteiger partial charge < -0.3 is 9.97 Å². The van der Waals surface area contributed by atoms with Gasteiger partial charge in [-0.25, -0.2) is 4.98 Å². The minimum atomic E-state index is 0.584. The van der Waals surface area contributed by atoms with Gasteiger partial charge in [0.2, 0.25) is 0 Å². The van der Waals surface area contributed by atoms with Crippen LogP contribution in [0.4, 0.5) is 0 Å². The molecule has 0 aliphatic rings. The molecular formula is C14H13N3O. The van der Waals surface area contributed by atoms with Crippen molar-refractivity contribution in [2.45, 2.75) is 13.8 Å². The normalized spacial score (nSPS) is 11.0. The van der Waals surface area contributed by atoms with Gasteiger partial charge in [0.05, 0.1) is 5.69 Å². The number of carbonyl (C=O) groups excluding carboxylic acids is 1. The number of fused-ring (bicyclic) bond motifs is 1. The van der Waals surface area contributed by atoms with Crippen molar-refractivity contribution >= 4 is 17.3 Å². The molecule has 3 heterocycles. The molecule has 3 aromatic rings. The third kappa shape index (κ3) is 1.46. The Morgan fingerprint density at radius 3 is 2.72 bits per heavy atom. The first-order chi connectivity index (χ1) is 8.70. The Balaban J connectivity index is 2.34. The Morgan fingerprint density at radius 2 is 2.00 bits per heavy atom. The molecule has 0 amide bonds. The molecule has 90 valence electrons. The molecule has 0 spiro atoms. The Morgan fingerprint density at radius 1 is 1.17 bits per heavy atom. The van der Waals surface area contributed by atoms with E-state index in [2.05, 4.69) is 21.9 Å². The minimum Gasteiger partial charge on any atom is -0.352 e. The lowest BCUT2D eigenvalue weighted by molar-refractivity contribution is 0.111. The molecule has 0 radical (unpaired) electrons. The van der Waals surface area contributed by atoms with Crippen LogP contribution in [0.3, 0.4) is 0 Å². The summed E-state index contributed by atoms with van der Waals surface area (Å²) in [5, 5.41) is 1.11. The van der Waals surface area contributed by atoms with Gasteiger partial charge in [0, 0.05) is 28.5 Å². The van der Waals surface area contributed by atoms with Crippen LogP contribution in [0.1, 0.15) is 21.7 Å². The van der Waals surface area contributed by atoms with Crippen LogP contribution in [0.25, 0.3) is 22.3 Å². The lowest BCUT2D eigenvalue weighted by Crippen LogP contribution is -1.84. The summed E-state index contributed by atoms with van der Waals surface area (Å²) < 4.78 is 0. The van der Waals surface area contributed by atoms with E-state index in [1.54, 1.807) is 12.3 Å². The number of carbonyl (C=O) groups is 1. The molecule has 0 fully saturated rings. The molecule has 0 aliphatic carbocycles. The molecule has 0 aliphatic heterocycles. The quantitative estimate of drug-likeness (QED) is 0.675. The maximum atomic E-state index is 10.8. The first-order valence-corrected chi connectivity index (χ1v) is 5.79. The third-order valence-electron chi connectivity index (χ3n) is 3.20. The summed E-state index contributed by atoms with van der Waals surface area (Å²) in [6.45, 7) is 4.07. The second-order valence-corrected chi connectivity index (χ2v) is 4.42. The van der Waals surface area contributed by atoms with E-state index in [1.807, 2.05) is 19.1 Å². The van der Waals surface area contributed by atoms with Gasteiger partial charge >= 0.3 is 0 Å². The number of pyridine rings is 1. The Kier molecular flexibility index (Phi) is 2.30. The fourth-order valence-electron chi connectivity index (χ4n) is 2.36. The second-order valence-electron chi connectivity index (χ2n) is 4.42. The zero-order valence-electron chi connectivity index (χ0n) is 10.2. The monoisotopic (exact) mass is 239 g/mol. The zero-order chi connectivity index (χ0) is 12.7. The summed E-state index contributed by atoms with van der Waals surface area (Å²) in [7, 11) is 0. The molecule has 18 heavy (non-hydrogen) atoms. The number of aromatic nitrogens is 3. The molecule has 0 bridgehead atoms. The lowest BCUT2D eigenvalue weighted by atomic mass is 10.1. The van der Waals surface area contributed by atoms with E-state index in [9.17, 15) is 4.79 Å². The van der Waals surface area contributed by atoms with E-state index in [0.29, 0.717) is 5.69 Å². The van der Waals surface area contributed by atoms with Crippen LogP contribution in [-0.2, 0) is 0 Å². The Labute approximate surface area is 104 Å². The molecule has 4 nitrogen and oxygen atoms in total. The SMILES string of the molecule is Cc1[nH]c2nccc(C)c2c1-c1ccc(C=O)[nH]1. The van der Waals surface area contributed by atoms with Crippen molar-refractivity contribution in [1.29, 1.82) is 0 Å². The number of aromatic amines is 2. The predicted molar refractivity (Wildman–Crippen MR) is 70.7 cm³/mol. The number of nitrogens with zero attached hydrogens (tertiary/aromatic N) is 1. The van der Waals surface area contributed by atoms with Crippen molar-refractivity contribution in [3.8, 4) is 11.3 Å². The van der Waals surface area contributed by atoms with Gasteiger partial charge in [-0.05, 0) is 37.6 Å². The first kappa shape index (κ1) is 10.8. The summed E-state index contributed by atoms with van der Waals surface area (Å²) in [5.41, 5.74) is 5.71. The molecule has 3 aromatic heterocycles. The predicted octanol–water partition coefficient (Wildman–Crippen LogP) is 2.99. The highest BCUT2D eigenvalue weighted by Gasteiger charge is 2.14. The summed E-state index contributed by atoms with van der Waals surface area (Å²) in [6, 6.07) is 5.70. The molecule has 0 unspecified atom stereocenters. The second kappa shape index (κ2) is 3.84. The van der Waals surface area contributed by atoms with E-state index >= 15 is 0 Å². The highest BCUT2D eigenvalue weighted by atomic mass is 16.1. The van der Waals surface area contributed by atoms with Gasteiger partial charge in [-0.3, -0.25) is 4.79 Å².